The molecule has 0 aliphatic rings. The Bertz CT molecular complexity index is 1100. The summed E-state index contributed by atoms with van der Waals surface area (Å²) in [5, 5.41) is 5.21. The van der Waals surface area contributed by atoms with Gasteiger partial charge in [-0.15, -0.1) is 0 Å². The van der Waals surface area contributed by atoms with Crippen LogP contribution in [0.15, 0.2) is 91.0 Å². The maximum absolute atomic E-state index is 12.5. The third-order valence-electron chi connectivity index (χ3n) is 4.65. The van der Waals surface area contributed by atoms with Crippen molar-refractivity contribution in [1.82, 2.24) is 0 Å². The van der Waals surface area contributed by atoms with Gasteiger partial charge in [-0.05, 0) is 59.7 Å². The largest absolute Gasteiger partial charge is 0.489 e. The second-order valence-corrected chi connectivity index (χ2v) is 6.81. The van der Waals surface area contributed by atoms with Gasteiger partial charge in [0.15, 0.2) is 0 Å². The number of benzene rings is 4. The summed E-state index contributed by atoms with van der Waals surface area (Å²) >= 11 is 0. The van der Waals surface area contributed by atoms with Gasteiger partial charge in [-0.1, -0.05) is 60.2 Å². The molecule has 0 heterocycles. The van der Waals surface area contributed by atoms with E-state index in [4.69, 9.17) is 4.74 Å². The predicted molar refractivity (Wildman–Crippen MR) is 114 cm³/mol. The highest BCUT2D eigenvalue weighted by atomic mass is 16.5. The summed E-state index contributed by atoms with van der Waals surface area (Å²) in [5.41, 5.74) is 3.62. The number of rotatable bonds is 5. The number of carbonyl (C=O) groups is 1. The number of aryl methyl sites for hydroxylation is 1. The first-order chi connectivity index (χ1) is 13.7. The molecule has 0 aliphatic heterocycles. The monoisotopic (exact) mass is 367 g/mol. The molecule has 0 saturated carbocycles. The molecule has 1 N–H and O–H groups in total. The highest BCUT2D eigenvalue weighted by Crippen LogP contribution is 2.20. The fourth-order valence-electron chi connectivity index (χ4n) is 3.02. The summed E-state index contributed by atoms with van der Waals surface area (Å²) in [5.74, 6) is 0.713. The summed E-state index contributed by atoms with van der Waals surface area (Å²) in [4.78, 5) is 12.5. The van der Waals surface area contributed by atoms with E-state index < -0.39 is 0 Å². The summed E-state index contributed by atoms with van der Waals surface area (Å²) in [6, 6.07) is 29.5. The van der Waals surface area contributed by atoms with Crippen LogP contribution in [0.3, 0.4) is 0 Å². The van der Waals surface area contributed by atoms with E-state index in [1.54, 1.807) is 0 Å². The molecule has 0 unspecified atom stereocenters. The number of fused-ring (bicyclic) bond motifs is 1. The normalized spacial score (nSPS) is 10.6. The topological polar surface area (TPSA) is 38.3 Å². The lowest BCUT2D eigenvalue weighted by molar-refractivity contribution is 0.102. The first-order valence-electron chi connectivity index (χ1n) is 9.26. The Morgan fingerprint density at radius 3 is 2.29 bits per heavy atom. The standard InChI is InChI=1S/C25H21NO2/c1-18-6-14-24(15-7-18)28-17-19-8-10-21(11-9-19)25(27)26-23-13-12-20-4-2-3-5-22(20)16-23/h2-16H,17H2,1H3,(H,26,27). The van der Waals surface area contributed by atoms with E-state index in [-0.39, 0.29) is 5.91 Å². The Morgan fingerprint density at radius 2 is 1.54 bits per heavy atom. The molecule has 0 bridgehead atoms. The highest BCUT2D eigenvalue weighted by Gasteiger charge is 2.07. The number of hydrogen-bond donors (Lipinski definition) is 1. The number of carbonyl (C=O) groups excluding carboxylic acids is 1. The minimum absolute atomic E-state index is 0.124. The molecule has 0 atom stereocenters. The first-order valence-corrected chi connectivity index (χ1v) is 9.26. The van der Waals surface area contributed by atoms with Crippen molar-refractivity contribution in [3.8, 4) is 5.75 Å². The van der Waals surface area contributed by atoms with Crippen LogP contribution in [0.2, 0.25) is 0 Å². The lowest BCUT2D eigenvalue weighted by atomic mass is 10.1. The Morgan fingerprint density at radius 1 is 0.821 bits per heavy atom. The molecule has 1 amide bonds. The van der Waals surface area contributed by atoms with Crippen LogP contribution in [0.1, 0.15) is 21.5 Å². The quantitative estimate of drug-likeness (QED) is 0.471. The molecule has 138 valence electrons. The SMILES string of the molecule is Cc1ccc(OCc2ccc(C(=O)Nc3ccc4ccccc4c3)cc2)cc1. The number of hydrogen-bond acceptors (Lipinski definition) is 2. The van der Waals surface area contributed by atoms with Gasteiger partial charge >= 0.3 is 0 Å². The zero-order chi connectivity index (χ0) is 19.3. The summed E-state index contributed by atoms with van der Waals surface area (Å²) in [6.45, 7) is 2.51. The van der Waals surface area contributed by atoms with E-state index in [1.807, 2.05) is 91.9 Å². The van der Waals surface area contributed by atoms with Gasteiger partial charge in [0.1, 0.15) is 12.4 Å². The predicted octanol–water partition coefficient (Wildman–Crippen LogP) is 5.98. The summed E-state index contributed by atoms with van der Waals surface area (Å²) < 4.78 is 5.78. The maximum atomic E-state index is 12.5. The van der Waals surface area contributed by atoms with Crippen molar-refractivity contribution in [2.45, 2.75) is 13.5 Å². The molecule has 0 spiro atoms. The molecular formula is C25H21NO2. The molecule has 0 fully saturated rings. The summed E-state index contributed by atoms with van der Waals surface area (Å²) in [6.07, 6.45) is 0. The van der Waals surface area contributed by atoms with Crippen LogP contribution in [-0.2, 0) is 6.61 Å². The van der Waals surface area contributed by atoms with Gasteiger partial charge in [-0.2, -0.15) is 0 Å². The molecule has 4 rings (SSSR count). The number of nitrogens with one attached hydrogen (secondary N) is 1. The molecule has 0 radical (unpaired) electrons. The highest BCUT2D eigenvalue weighted by molar-refractivity contribution is 6.05. The van der Waals surface area contributed by atoms with E-state index in [0.717, 1.165) is 27.8 Å². The average Bonchev–Trinajstić information content (AvgIpc) is 2.73. The van der Waals surface area contributed by atoms with Gasteiger partial charge in [-0.3, -0.25) is 4.79 Å². The fourth-order valence-corrected chi connectivity index (χ4v) is 3.02. The van der Waals surface area contributed by atoms with Gasteiger partial charge in [0.05, 0.1) is 0 Å². The molecule has 0 saturated heterocycles. The lowest BCUT2D eigenvalue weighted by Gasteiger charge is -2.09. The Labute approximate surface area is 164 Å². The zero-order valence-corrected chi connectivity index (χ0v) is 15.7. The molecule has 0 aromatic heterocycles. The molecule has 0 aliphatic carbocycles. The van der Waals surface area contributed by atoms with Crippen LogP contribution in [-0.4, -0.2) is 5.91 Å². The Hall–Kier alpha value is -3.59. The van der Waals surface area contributed by atoms with Crippen LogP contribution in [0.25, 0.3) is 10.8 Å². The van der Waals surface area contributed by atoms with Crippen LogP contribution in [0.4, 0.5) is 5.69 Å². The van der Waals surface area contributed by atoms with Crippen LogP contribution in [0, 0.1) is 6.92 Å². The van der Waals surface area contributed by atoms with Gasteiger partial charge in [0.2, 0.25) is 0 Å². The average molecular weight is 367 g/mol. The third kappa shape index (κ3) is 4.21. The molecule has 4 aromatic carbocycles. The smallest absolute Gasteiger partial charge is 0.255 e. The molecular weight excluding hydrogens is 346 g/mol. The van der Waals surface area contributed by atoms with Crippen LogP contribution < -0.4 is 10.1 Å². The van der Waals surface area contributed by atoms with Crippen molar-refractivity contribution in [2.75, 3.05) is 5.32 Å². The summed E-state index contributed by atoms with van der Waals surface area (Å²) in [7, 11) is 0. The Balaban J connectivity index is 1.39. The molecule has 3 nitrogen and oxygen atoms in total. The van der Waals surface area contributed by atoms with Crippen LogP contribution >= 0.6 is 0 Å². The van der Waals surface area contributed by atoms with Gasteiger partial charge < -0.3 is 10.1 Å². The second-order valence-electron chi connectivity index (χ2n) is 6.81. The van der Waals surface area contributed by atoms with Gasteiger partial charge in [0.25, 0.3) is 5.91 Å². The molecule has 4 aromatic rings. The first kappa shape index (κ1) is 17.8. The third-order valence-corrected chi connectivity index (χ3v) is 4.65. The number of amides is 1. The fraction of sp³-hybridized carbons (Fsp3) is 0.0800. The van der Waals surface area contributed by atoms with Crippen molar-refractivity contribution in [3.63, 3.8) is 0 Å². The van der Waals surface area contributed by atoms with Crippen molar-refractivity contribution < 1.29 is 9.53 Å². The lowest BCUT2D eigenvalue weighted by Crippen LogP contribution is -2.11. The molecule has 28 heavy (non-hydrogen) atoms. The zero-order valence-electron chi connectivity index (χ0n) is 15.7. The van der Waals surface area contributed by atoms with Crippen LogP contribution in [0.5, 0.6) is 5.75 Å². The van der Waals surface area contributed by atoms with Crippen molar-refractivity contribution >= 4 is 22.4 Å². The minimum atomic E-state index is -0.124. The second kappa shape index (κ2) is 7.97. The van der Waals surface area contributed by atoms with Crippen molar-refractivity contribution in [3.05, 3.63) is 108 Å². The van der Waals surface area contributed by atoms with E-state index in [1.165, 1.54) is 5.56 Å². The minimum Gasteiger partial charge on any atom is -0.489 e. The maximum Gasteiger partial charge on any atom is 0.255 e. The van der Waals surface area contributed by atoms with E-state index in [0.29, 0.717) is 12.2 Å². The van der Waals surface area contributed by atoms with E-state index in [2.05, 4.69) is 11.4 Å². The van der Waals surface area contributed by atoms with E-state index in [9.17, 15) is 4.79 Å². The van der Waals surface area contributed by atoms with Gasteiger partial charge in [0, 0.05) is 11.3 Å². The Kier molecular flexibility index (Phi) is 5.07. The van der Waals surface area contributed by atoms with Crippen molar-refractivity contribution in [1.29, 1.82) is 0 Å². The number of ether oxygens (including phenoxy) is 1. The van der Waals surface area contributed by atoms with E-state index >= 15 is 0 Å². The van der Waals surface area contributed by atoms with Crippen molar-refractivity contribution in [2.24, 2.45) is 0 Å². The number of anilines is 1. The van der Waals surface area contributed by atoms with Gasteiger partial charge in [-0.25, -0.2) is 0 Å². The molecule has 3 heteroatoms.